The van der Waals surface area contributed by atoms with Crippen molar-refractivity contribution in [2.75, 3.05) is 39.4 Å². The second-order valence-corrected chi connectivity index (χ2v) is 5.06. The van der Waals surface area contributed by atoms with Crippen molar-refractivity contribution in [2.24, 2.45) is 0 Å². The largest absolute Gasteiger partial charge is 0.379 e. The van der Waals surface area contributed by atoms with E-state index in [1.54, 1.807) is 12.1 Å². The number of benzene rings is 1. The van der Waals surface area contributed by atoms with E-state index in [2.05, 4.69) is 21.1 Å². The smallest absolute Gasteiger partial charge is 0.269 e. The Morgan fingerprint density at radius 1 is 1.24 bits per heavy atom. The predicted octanol–water partition coefficient (Wildman–Crippen LogP) is 0.866. The fraction of sp³-hybridized carbons (Fsp3) is 0.429. The molecule has 0 atom stereocenters. The molecule has 1 aromatic carbocycles. The molecule has 1 aromatic rings. The first-order valence-corrected chi connectivity index (χ1v) is 7.36. The van der Waals surface area contributed by atoms with E-state index < -0.39 is 0 Å². The topological polar surface area (TPSA) is 65.6 Å². The van der Waals surface area contributed by atoms with E-state index in [4.69, 9.17) is 17.0 Å². The molecule has 0 spiro atoms. The van der Waals surface area contributed by atoms with Crippen molar-refractivity contribution in [3.8, 4) is 0 Å². The summed E-state index contributed by atoms with van der Waals surface area (Å²) in [6, 6.07) is 8.97. The molecule has 1 amide bonds. The molecule has 6 nitrogen and oxygen atoms in total. The second kappa shape index (κ2) is 8.56. The molecule has 2 rings (SSSR count). The molecule has 1 saturated heterocycles. The Balaban J connectivity index is 0. The van der Waals surface area contributed by atoms with Gasteiger partial charge in [-0.2, -0.15) is 0 Å². The summed E-state index contributed by atoms with van der Waals surface area (Å²) >= 11 is 5.11. The number of carbonyl (C=O) groups is 1. The van der Waals surface area contributed by atoms with Crippen LogP contribution in [-0.2, 0) is 4.74 Å². The Morgan fingerprint density at radius 2 is 1.95 bits per heavy atom. The molecule has 1 heterocycles. The zero-order valence-corrected chi connectivity index (χ0v) is 12.6. The predicted molar refractivity (Wildman–Crippen MR) is 91.2 cm³/mol. The lowest BCUT2D eigenvalue weighted by atomic mass is 10.2. The number of thiocarbonyl (C=S) groups is 1. The first-order chi connectivity index (χ1) is 10.3. The van der Waals surface area contributed by atoms with E-state index in [1.165, 1.54) is 0 Å². The zero-order chi connectivity index (χ0) is 14.9. The van der Waals surface area contributed by atoms with Gasteiger partial charge in [-0.05, 0) is 24.4 Å². The van der Waals surface area contributed by atoms with Crippen LogP contribution < -0.4 is 16.2 Å². The minimum absolute atomic E-state index is 0. The van der Waals surface area contributed by atoms with E-state index >= 15 is 0 Å². The highest BCUT2D eigenvalue weighted by Gasteiger charge is 2.09. The van der Waals surface area contributed by atoms with Gasteiger partial charge in [-0.15, -0.1) is 0 Å². The van der Waals surface area contributed by atoms with Crippen LogP contribution in [0.15, 0.2) is 30.3 Å². The third-order valence-electron chi connectivity index (χ3n) is 3.14. The van der Waals surface area contributed by atoms with Gasteiger partial charge in [0.25, 0.3) is 5.91 Å². The van der Waals surface area contributed by atoms with Crippen LogP contribution >= 0.6 is 12.2 Å². The van der Waals surface area contributed by atoms with Crippen LogP contribution in [0.2, 0.25) is 0 Å². The summed E-state index contributed by atoms with van der Waals surface area (Å²) in [5, 5.41) is 3.47. The van der Waals surface area contributed by atoms with E-state index in [9.17, 15) is 4.79 Å². The molecule has 0 bridgehead atoms. The van der Waals surface area contributed by atoms with Crippen molar-refractivity contribution < 1.29 is 13.8 Å². The third-order valence-corrected chi connectivity index (χ3v) is 3.39. The summed E-state index contributed by atoms with van der Waals surface area (Å²) in [6.07, 6.45) is 0. The highest BCUT2D eigenvalue weighted by molar-refractivity contribution is 7.80. The summed E-state index contributed by atoms with van der Waals surface area (Å²) in [5.41, 5.74) is 5.84. The SMILES string of the molecule is O=C(NNC(=S)NCCN1CCOCC1)c1ccccc1.[HH].[HH].[HH]. The van der Waals surface area contributed by atoms with Gasteiger partial charge >= 0.3 is 0 Å². The standard InChI is InChI=1S/C14H20N4O2S.3H2/c19-13(12-4-2-1-3-5-12)16-17-14(21)15-6-7-18-8-10-20-11-9-18;;;/h1-5H,6-11H2,(H,16,19)(H2,15,17,21);3*1H. The van der Waals surface area contributed by atoms with Gasteiger partial charge in [-0.3, -0.25) is 20.5 Å². The molecule has 3 N–H and O–H groups in total. The molecular weight excluding hydrogens is 288 g/mol. The molecule has 120 valence electrons. The van der Waals surface area contributed by atoms with Crippen LogP contribution in [0.1, 0.15) is 14.6 Å². The summed E-state index contributed by atoms with van der Waals surface area (Å²) < 4.78 is 5.29. The van der Waals surface area contributed by atoms with Crippen molar-refractivity contribution in [1.82, 2.24) is 21.1 Å². The van der Waals surface area contributed by atoms with Crippen molar-refractivity contribution in [3.05, 3.63) is 35.9 Å². The Kier molecular flexibility index (Phi) is 6.39. The number of amides is 1. The van der Waals surface area contributed by atoms with Crippen LogP contribution in [0.5, 0.6) is 0 Å². The number of rotatable bonds is 4. The number of hydrogen-bond donors (Lipinski definition) is 3. The van der Waals surface area contributed by atoms with Crippen molar-refractivity contribution in [1.29, 1.82) is 0 Å². The summed E-state index contributed by atoms with van der Waals surface area (Å²) in [4.78, 5) is 14.1. The lowest BCUT2D eigenvalue weighted by Gasteiger charge is -2.26. The van der Waals surface area contributed by atoms with Gasteiger partial charge in [0, 0.05) is 36.0 Å². The maximum Gasteiger partial charge on any atom is 0.269 e. The van der Waals surface area contributed by atoms with Crippen LogP contribution in [0, 0.1) is 0 Å². The summed E-state index contributed by atoms with van der Waals surface area (Å²) in [5.74, 6) is -0.215. The van der Waals surface area contributed by atoms with Crippen molar-refractivity contribution >= 4 is 23.2 Å². The van der Waals surface area contributed by atoms with Gasteiger partial charge in [0.15, 0.2) is 5.11 Å². The molecule has 0 radical (unpaired) electrons. The number of morpholine rings is 1. The average Bonchev–Trinajstić information content (AvgIpc) is 2.54. The normalized spacial score (nSPS) is 15.2. The molecule has 0 saturated carbocycles. The van der Waals surface area contributed by atoms with E-state index in [0.717, 1.165) is 39.4 Å². The molecule has 1 aliphatic heterocycles. The van der Waals surface area contributed by atoms with Gasteiger partial charge in [-0.25, -0.2) is 0 Å². The lowest BCUT2D eigenvalue weighted by Crippen LogP contribution is -2.49. The Bertz CT molecular complexity index is 476. The van der Waals surface area contributed by atoms with Gasteiger partial charge < -0.3 is 10.1 Å². The van der Waals surface area contributed by atoms with E-state index in [-0.39, 0.29) is 10.2 Å². The molecule has 7 heteroatoms. The quantitative estimate of drug-likeness (QED) is 0.566. The lowest BCUT2D eigenvalue weighted by molar-refractivity contribution is 0.0389. The first kappa shape index (κ1) is 15.7. The Hall–Kier alpha value is -1.70. The minimum Gasteiger partial charge on any atom is -0.379 e. The van der Waals surface area contributed by atoms with Gasteiger partial charge in [0.2, 0.25) is 0 Å². The number of nitrogens with zero attached hydrogens (tertiary/aromatic N) is 1. The van der Waals surface area contributed by atoms with Gasteiger partial charge in [-0.1, -0.05) is 18.2 Å². The number of hydrogen-bond acceptors (Lipinski definition) is 4. The Labute approximate surface area is 134 Å². The molecule has 1 aliphatic rings. The third kappa shape index (κ3) is 5.66. The van der Waals surface area contributed by atoms with E-state index in [0.29, 0.717) is 10.7 Å². The second-order valence-electron chi connectivity index (χ2n) is 4.66. The maximum atomic E-state index is 11.8. The van der Waals surface area contributed by atoms with Gasteiger partial charge in [0.05, 0.1) is 13.2 Å². The molecule has 0 aliphatic carbocycles. The Morgan fingerprint density at radius 3 is 2.67 bits per heavy atom. The van der Waals surface area contributed by atoms with Crippen molar-refractivity contribution in [2.45, 2.75) is 0 Å². The first-order valence-electron chi connectivity index (χ1n) is 6.95. The van der Waals surface area contributed by atoms with Crippen LogP contribution in [0.3, 0.4) is 0 Å². The molecular formula is C14H26N4O2S. The number of carbonyl (C=O) groups excluding carboxylic acids is 1. The summed E-state index contributed by atoms with van der Waals surface area (Å²) in [7, 11) is 0. The van der Waals surface area contributed by atoms with Crippen LogP contribution in [0.25, 0.3) is 0 Å². The molecule has 0 unspecified atom stereocenters. The van der Waals surface area contributed by atoms with Crippen LogP contribution in [0.4, 0.5) is 0 Å². The fourth-order valence-electron chi connectivity index (χ4n) is 1.97. The number of nitrogens with one attached hydrogen (secondary N) is 3. The minimum atomic E-state index is -0.215. The molecule has 21 heavy (non-hydrogen) atoms. The zero-order valence-electron chi connectivity index (χ0n) is 11.8. The van der Waals surface area contributed by atoms with Crippen molar-refractivity contribution in [3.63, 3.8) is 0 Å². The summed E-state index contributed by atoms with van der Waals surface area (Å²) in [6.45, 7) is 5.11. The average molecular weight is 314 g/mol. The number of ether oxygens (including phenoxy) is 1. The molecule has 0 aromatic heterocycles. The highest BCUT2D eigenvalue weighted by Crippen LogP contribution is 1.97. The van der Waals surface area contributed by atoms with Crippen LogP contribution in [-0.4, -0.2) is 55.3 Å². The number of hydrazine groups is 1. The fourth-order valence-corrected chi connectivity index (χ4v) is 2.12. The van der Waals surface area contributed by atoms with E-state index in [1.807, 2.05) is 18.2 Å². The monoisotopic (exact) mass is 314 g/mol. The van der Waals surface area contributed by atoms with Gasteiger partial charge in [0.1, 0.15) is 0 Å². The highest BCUT2D eigenvalue weighted by atomic mass is 32.1. The maximum absolute atomic E-state index is 11.8. The molecule has 1 fully saturated rings.